The first-order chi connectivity index (χ1) is 11.0. The molecule has 0 radical (unpaired) electrons. The van der Waals surface area contributed by atoms with Crippen LogP contribution >= 0.6 is 11.6 Å². The lowest BCUT2D eigenvalue weighted by molar-refractivity contribution is -0.143. The Kier molecular flexibility index (Phi) is 5.60. The van der Waals surface area contributed by atoms with Crippen LogP contribution < -0.4 is 9.64 Å². The van der Waals surface area contributed by atoms with Crippen LogP contribution in [0.3, 0.4) is 0 Å². The van der Waals surface area contributed by atoms with Crippen molar-refractivity contribution in [3.8, 4) is 5.75 Å². The molecule has 0 spiro atoms. The molecule has 2 rings (SSSR count). The molecule has 0 amide bonds. The third kappa shape index (κ3) is 4.72. The second-order valence-corrected chi connectivity index (χ2v) is 5.38. The molecule has 0 bridgehead atoms. The van der Waals surface area contributed by atoms with Crippen molar-refractivity contribution < 1.29 is 19.4 Å². The maximum Gasteiger partial charge on any atom is 0.334 e. The van der Waals surface area contributed by atoms with Crippen LogP contribution in [0.15, 0.2) is 54.6 Å². The van der Waals surface area contributed by atoms with E-state index in [1.54, 1.807) is 42.3 Å². The number of hydrogen-bond donors (Lipinski definition) is 1. The van der Waals surface area contributed by atoms with E-state index in [1.807, 2.05) is 18.2 Å². The number of carboxylic acid groups (broad SMARTS) is 1. The van der Waals surface area contributed by atoms with E-state index in [0.29, 0.717) is 5.02 Å². The van der Waals surface area contributed by atoms with E-state index in [9.17, 15) is 9.59 Å². The molecule has 1 unspecified atom stereocenters. The first-order valence-electron chi connectivity index (χ1n) is 6.94. The number of hydrogen-bond acceptors (Lipinski definition) is 4. The molecule has 0 fully saturated rings. The van der Waals surface area contributed by atoms with E-state index in [2.05, 4.69) is 0 Å². The Morgan fingerprint density at radius 3 is 2.48 bits per heavy atom. The Morgan fingerprint density at radius 2 is 1.87 bits per heavy atom. The summed E-state index contributed by atoms with van der Waals surface area (Å²) in [6.07, 6.45) is -0.370. The van der Waals surface area contributed by atoms with Gasteiger partial charge in [-0.05, 0) is 30.3 Å². The lowest BCUT2D eigenvalue weighted by Crippen LogP contribution is -2.42. The highest BCUT2D eigenvalue weighted by Crippen LogP contribution is 2.21. The van der Waals surface area contributed by atoms with Crippen molar-refractivity contribution in [2.45, 2.75) is 12.5 Å². The number of esters is 1. The minimum atomic E-state index is -1.08. The van der Waals surface area contributed by atoms with Crippen molar-refractivity contribution in [1.82, 2.24) is 0 Å². The summed E-state index contributed by atoms with van der Waals surface area (Å²) in [4.78, 5) is 25.1. The van der Waals surface area contributed by atoms with Gasteiger partial charge in [-0.1, -0.05) is 35.9 Å². The zero-order valence-corrected chi connectivity index (χ0v) is 13.2. The normalized spacial score (nSPS) is 11.6. The predicted molar refractivity (Wildman–Crippen MR) is 88.0 cm³/mol. The molecule has 23 heavy (non-hydrogen) atoms. The van der Waals surface area contributed by atoms with Crippen molar-refractivity contribution in [2.24, 2.45) is 0 Å². The molecule has 0 aliphatic carbocycles. The first kappa shape index (κ1) is 16.8. The summed E-state index contributed by atoms with van der Waals surface area (Å²) in [5, 5.41) is 9.52. The number of para-hydroxylation sites is 1. The molecule has 0 aliphatic rings. The van der Waals surface area contributed by atoms with Crippen LogP contribution in [0.25, 0.3) is 0 Å². The standard InChI is InChI=1S/C17H16ClNO4/c1-19(13-7-3-2-4-8-13)15(11-16(20)21)17(22)23-14-9-5-6-12(18)10-14/h2-10,15H,11H2,1H3,(H,20,21). The molecule has 0 saturated carbocycles. The highest BCUT2D eigenvalue weighted by atomic mass is 35.5. The summed E-state index contributed by atoms with van der Waals surface area (Å²) >= 11 is 5.85. The number of nitrogens with zero attached hydrogens (tertiary/aromatic N) is 1. The SMILES string of the molecule is CN(c1ccccc1)C(CC(=O)O)C(=O)Oc1cccc(Cl)c1. The number of benzene rings is 2. The van der Waals surface area contributed by atoms with E-state index in [4.69, 9.17) is 21.4 Å². The maximum absolute atomic E-state index is 12.4. The molecule has 120 valence electrons. The predicted octanol–water partition coefficient (Wildman–Crippen LogP) is 3.23. The van der Waals surface area contributed by atoms with Gasteiger partial charge in [0.1, 0.15) is 11.8 Å². The number of likely N-dealkylation sites (N-methyl/N-ethyl adjacent to an activating group) is 1. The number of rotatable bonds is 6. The second kappa shape index (κ2) is 7.65. The molecule has 2 aromatic rings. The van der Waals surface area contributed by atoms with Gasteiger partial charge in [-0.15, -0.1) is 0 Å². The van der Waals surface area contributed by atoms with Crippen LogP contribution in [0.1, 0.15) is 6.42 Å². The van der Waals surface area contributed by atoms with Gasteiger partial charge in [-0.3, -0.25) is 4.79 Å². The molecule has 5 nitrogen and oxygen atoms in total. The average Bonchev–Trinajstić information content (AvgIpc) is 2.52. The number of ether oxygens (including phenoxy) is 1. The van der Waals surface area contributed by atoms with Crippen LogP contribution in [-0.4, -0.2) is 30.1 Å². The van der Waals surface area contributed by atoms with Gasteiger partial charge in [0.2, 0.25) is 0 Å². The molecule has 0 heterocycles. The van der Waals surface area contributed by atoms with Crippen LogP contribution in [0.5, 0.6) is 5.75 Å². The van der Waals surface area contributed by atoms with E-state index in [0.717, 1.165) is 5.69 Å². The Hall–Kier alpha value is -2.53. The minimum absolute atomic E-state index is 0.277. The molecule has 1 atom stereocenters. The van der Waals surface area contributed by atoms with Gasteiger partial charge in [-0.25, -0.2) is 4.79 Å². The van der Waals surface area contributed by atoms with Crippen molar-refractivity contribution in [1.29, 1.82) is 0 Å². The fourth-order valence-corrected chi connectivity index (χ4v) is 2.28. The number of carbonyl (C=O) groups is 2. The van der Waals surface area contributed by atoms with Crippen LogP contribution in [0, 0.1) is 0 Å². The summed E-state index contributed by atoms with van der Waals surface area (Å²) in [6, 6.07) is 14.5. The van der Waals surface area contributed by atoms with Gasteiger partial charge < -0.3 is 14.7 Å². The molecular formula is C17H16ClNO4. The number of aliphatic carboxylic acids is 1. The monoisotopic (exact) mass is 333 g/mol. The quantitative estimate of drug-likeness (QED) is 0.649. The molecular weight excluding hydrogens is 318 g/mol. The topological polar surface area (TPSA) is 66.8 Å². The lowest BCUT2D eigenvalue weighted by atomic mass is 10.1. The molecule has 1 N–H and O–H groups in total. The summed E-state index contributed by atoms with van der Waals surface area (Å²) in [6.45, 7) is 0. The van der Waals surface area contributed by atoms with Crippen molar-refractivity contribution in [3.05, 3.63) is 59.6 Å². The minimum Gasteiger partial charge on any atom is -0.481 e. The molecule has 0 saturated heterocycles. The van der Waals surface area contributed by atoms with Gasteiger partial charge in [0.25, 0.3) is 0 Å². The number of anilines is 1. The van der Waals surface area contributed by atoms with Crippen molar-refractivity contribution in [2.75, 3.05) is 11.9 Å². The number of halogens is 1. The molecule has 2 aromatic carbocycles. The van der Waals surface area contributed by atoms with Crippen molar-refractivity contribution >= 4 is 29.2 Å². The average molecular weight is 334 g/mol. The Morgan fingerprint density at radius 1 is 1.17 bits per heavy atom. The summed E-state index contributed by atoms with van der Waals surface area (Å²) in [7, 11) is 1.65. The molecule has 0 aromatic heterocycles. The highest BCUT2D eigenvalue weighted by Gasteiger charge is 2.28. The Labute approximate surface area is 139 Å². The van der Waals surface area contributed by atoms with E-state index in [-0.39, 0.29) is 12.2 Å². The van der Waals surface area contributed by atoms with Crippen LogP contribution in [0.4, 0.5) is 5.69 Å². The molecule has 0 aliphatic heterocycles. The highest BCUT2D eigenvalue weighted by molar-refractivity contribution is 6.30. The van der Waals surface area contributed by atoms with Gasteiger partial charge in [0, 0.05) is 17.8 Å². The summed E-state index contributed by atoms with van der Waals surface area (Å²) in [5.41, 5.74) is 0.724. The fourth-order valence-electron chi connectivity index (χ4n) is 2.10. The van der Waals surface area contributed by atoms with E-state index in [1.165, 1.54) is 6.07 Å². The smallest absolute Gasteiger partial charge is 0.334 e. The van der Waals surface area contributed by atoms with Gasteiger partial charge in [0.15, 0.2) is 0 Å². The number of carbonyl (C=O) groups excluding carboxylic acids is 1. The van der Waals surface area contributed by atoms with Crippen LogP contribution in [-0.2, 0) is 9.59 Å². The van der Waals surface area contributed by atoms with Gasteiger partial charge >= 0.3 is 11.9 Å². The van der Waals surface area contributed by atoms with Gasteiger partial charge in [0.05, 0.1) is 6.42 Å². The van der Waals surface area contributed by atoms with E-state index >= 15 is 0 Å². The largest absolute Gasteiger partial charge is 0.481 e. The second-order valence-electron chi connectivity index (χ2n) is 4.94. The van der Waals surface area contributed by atoms with Crippen molar-refractivity contribution in [3.63, 3.8) is 0 Å². The summed E-state index contributed by atoms with van der Waals surface area (Å²) < 4.78 is 5.27. The van der Waals surface area contributed by atoms with Gasteiger partial charge in [-0.2, -0.15) is 0 Å². The third-order valence-electron chi connectivity index (χ3n) is 3.29. The Bertz CT molecular complexity index is 690. The Balaban J connectivity index is 2.20. The zero-order chi connectivity index (χ0) is 16.8. The molecule has 6 heteroatoms. The fraction of sp³-hybridized carbons (Fsp3) is 0.176. The zero-order valence-electron chi connectivity index (χ0n) is 12.5. The summed E-state index contributed by atoms with van der Waals surface area (Å²) in [5.74, 6) is -1.46. The first-order valence-corrected chi connectivity index (χ1v) is 7.32. The maximum atomic E-state index is 12.4. The van der Waals surface area contributed by atoms with Crippen LogP contribution in [0.2, 0.25) is 5.02 Å². The lowest BCUT2D eigenvalue weighted by Gasteiger charge is -2.27. The third-order valence-corrected chi connectivity index (χ3v) is 3.52. The van der Waals surface area contributed by atoms with E-state index < -0.39 is 18.0 Å². The number of carboxylic acids is 1.